The first kappa shape index (κ1) is 16.8. The van der Waals surface area contributed by atoms with Gasteiger partial charge in [0.15, 0.2) is 0 Å². The van der Waals surface area contributed by atoms with Crippen LogP contribution in [0.25, 0.3) is 0 Å². The second-order valence-corrected chi connectivity index (χ2v) is 6.00. The van der Waals surface area contributed by atoms with E-state index in [1.165, 1.54) is 4.90 Å². The molecule has 1 aliphatic rings. The molecule has 6 heteroatoms. The number of urea groups is 1. The van der Waals surface area contributed by atoms with Gasteiger partial charge in [-0.25, -0.2) is 4.79 Å². The van der Waals surface area contributed by atoms with Crippen LogP contribution in [0.1, 0.15) is 12.0 Å². The number of amides is 3. The molecular weight excluding hydrogens is 318 g/mol. The minimum atomic E-state index is -0.663. The molecule has 3 amide bonds. The van der Waals surface area contributed by atoms with Crippen LogP contribution in [0.5, 0.6) is 5.75 Å². The summed E-state index contributed by atoms with van der Waals surface area (Å²) in [5.41, 5.74) is 6.46. The van der Waals surface area contributed by atoms with Crippen molar-refractivity contribution in [3.05, 3.63) is 66.2 Å². The number of nitrogens with two attached hydrogens (primary N) is 1. The van der Waals surface area contributed by atoms with E-state index >= 15 is 0 Å². The molecule has 0 spiro atoms. The summed E-state index contributed by atoms with van der Waals surface area (Å²) in [7, 11) is 0. The summed E-state index contributed by atoms with van der Waals surface area (Å²) >= 11 is 0. The van der Waals surface area contributed by atoms with Crippen LogP contribution in [-0.4, -0.2) is 35.5 Å². The highest BCUT2D eigenvalue weighted by molar-refractivity contribution is 5.86. The summed E-state index contributed by atoms with van der Waals surface area (Å²) in [5, 5.41) is 2.83. The van der Waals surface area contributed by atoms with Crippen molar-refractivity contribution in [3.8, 4) is 5.75 Å². The molecule has 130 valence electrons. The number of likely N-dealkylation sites (tertiary alicyclic amines) is 1. The summed E-state index contributed by atoms with van der Waals surface area (Å²) in [5.74, 6) is 0.191. The van der Waals surface area contributed by atoms with Crippen molar-refractivity contribution in [1.29, 1.82) is 0 Å². The molecule has 2 aromatic carbocycles. The Hall–Kier alpha value is -3.02. The highest BCUT2D eigenvalue weighted by Gasteiger charge is 2.39. The Bertz CT molecular complexity index is 721. The molecule has 1 aliphatic heterocycles. The van der Waals surface area contributed by atoms with Crippen LogP contribution >= 0.6 is 0 Å². The number of ether oxygens (including phenoxy) is 1. The fourth-order valence-electron chi connectivity index (χ4n) is 2.94. The molecule has 0 saturated carbocycles. The summed E-state index contributed by atoms with van der Waals surface area (Å²) in [6.45, 7) is 0.717. The van der Waals surface area contributed by atoms with Gasteiger partial charge in [0.05, 0.1) is 6.54 Å². The number of carbonyl (C=O) groups is 2. The fourth-order valence-corrected chi connectivity index (χ4v) is 2.94. The van der Waals surface area contributed by atoms with E-state index in [1.807, 2.05) is 60.7 Å². The lowest BCUT2D eigenvalue weighted by Gasteiger charge is -2.22. The third-order valence-electron chi connectivity index (χ3n) is 4.18. The van der Waals surface area contributed by atoms with Gasteiger partial charge in [0.1, 0.15) is 17.9 Å². The van der Waals surface area contributed by atoms with Crippen LogP contribution in [0.15, 0.2) is 60.7 Å². The number of para-hydroxylation sites is 1. The van der Waals surface area contributed by atoms with Gasteiger partial charge in [-0.05, 0) is 17.7 Å². The fraction of sp³-hybridized carbons (Fsp3) is 0.263. The summed E-state index contributed by atoms with van der Waals surface area (Å²) in [6, 6.07) is 18.0. The van der Waals surface area contributed by atoms with Gasteiger partial charge in [-0.15, -0.1) is 0 Å². The van der Waals surface area contributed by atoms with Gasteiger partial charge < -0.3 is 20.7 Å². The number of hydrogen-bond acceptors (Lipinski definition) is 3. The van der Waals surface area contributed by atoms with Crippen LogP contribution in [0.3, 0.4) is 0 Å². The molecule has 1 fully saturated rings. The lowest BCUT2D eigenvalue weighted by atomic mass is 10.2. The summed E-state index contributed by atoms with van der Waals surface area (Å²) in [6.07, 6.45) is 0.130. The van der Waals surface area contributed by atoms with Gasteiger partial charge in [0.25, 0.3) is 0 Å². The van der Waals surface area contributed by atoms with Gasteiger partial charge in [0, 0.05) is 13.0 Å². The summed E-state index contributed by atoms with van der Waals surface area (Å²) < 4.78 is 5.87. The number of benzene rings is 2. The topological polar surface area (TPSA) is 84.7 Å². The second kappa shape index (κ2) is 7.70. The SMILES string of the molecule is NC(=O)C1CC(Oc2ccccc2)CN1C(=O)NCc1ccccc1. The van der Waals surface area contributed by atoms with Crippen LogP contribution < -0.4 is 15.8 Å². The number of hydrogen-bond donors (Lipinski definition) is 2. The average molecular weight is 339 g/mol. The largest absolute Gasteiger partial charge is 0.488 e. The van der Waals surface area contributed by atoms with E-state index in [4.69, 9.17) is 10.5 Å². The van der Waals surface area contributed by atoms with E-state index in [9.17, 15) is 9.59 Å². The first-order valence-electron chi connectivity index (χ1n) is 8.23. The van der Waals surface area contributed by atoms with Gasteiger partial charge in [-0.1, -0.05) is 48.5 Å². The zero-order chi connectivity index (χ0) is 17.6. The van der Waals surface area contributed by atoms with Crippen LogP contribution in [-0.2, 0) is 11.3 Å². The Morgan fingerprint density at radius 2 is 1.72 bits per heavy atom. The predicted molar refractivity (Wildman–Crippen MR) is 93.8 cm³/mol. The van der Waals surface area contributed by atoms with E-state index in [0.29, 0.717) is 25.3 Å². The molecule has 0 radical (unpaired) electrons. The van der Waals surface area contributed by atoms with E-state index < -0.39 is 11.9 Å². The molecule has 2 aromatic rings. The third kappa shape index (κ3) is 4.29. The zero-order valence-electron chi connectivity index (χ0n) is 13.8. The quantitative estimate of drug-likeness (QED) is 0.872. The normalized spacial score (nSPS) is 19.4. The molecule has 0 bridgehead atoms. The maximum absolute atomic E-state index is 12.5. The molecule has 6 nitrogen and oxygen atoms in total. The van der Waals surface area contributed by atoms with Crippen LogP contribution in [0, 0.1) is 0 Å². The lowest BCUT2D eigenvalue weighted by Crippen LogP contribution is -2.48. The van der Waals surface area contributed by atoms with Crippen molar-refractivity contribution in [1.82, 2.24) is 10.2 Å². The van der Waals surface area contributed by atoms with Gasteiger partial charge >= 0.3 is 6.03 Å². The van der Waals surface area contributed by atoms with Crippen LogP contribution in [0.4, 0.5) is 4.79 Å². The maximum Gasteiger partial charge on any atom is 0.318 e. The Morgan fingerprint density at radius 3 is 2.36 bits per heavy atom. The van der Waals surface area contributed by atoms with Crippen molar-refractivity contribution < 1.29 is 14.3 Å². The molecule has 1 heterocycles. The highest BCUT2D eigenvalue weighted by Crippen LogP contribution is 2.23. The predicted octanol–water partition coefficient (Wildman–Crippen LogP) is 1.90. The number of nitrogens with zero attached hydrogens (tertiary/aromatic N) is 1. The molecule has 3 rings (SSSR count). The van der Waals surface area contributed by atoms with Crippen molar-refractivity contribution >= 4 is 11.9 Å². The Kier molecular flexibility index (Phi) is 5.18. The number of primary amides is 1. The summed E-state index contributed by atoms with van der Waals surface area (Å²) in [4.78, 5) is 25.7. The number of rotatable bonds is 5. The third-order valence-corrected chi connectivity index (χ3v) is 4.18. The van der Waals surface area contributed by atoms with Crippen molar-refractivity contribution in [2.45, 2.75) is 25.1 Å². The first-order valence-corrected chi connectivity index (χ1v) is 8.23. The molecule has 2 atom stereocenters. The number of carbonyl (C=O) groups excluding carboxylic acids is 2. The van der Waals surface area contributed by atoms with Crippen molar-refractivity contribution in [2.24, 2.45) is 5.73 Å². The van der Waals surface area contributed by atoms with Crippen molar-refractivity contribution in [3.63, 3.8) is 0 Å². The zero-order valence-corrected chi connectivity index (χ0v) is 13.8. The molecule has 2 unspecified atom stereocenters. The molecule has 0 aromatic heterocycles. The molecule has 25 heavy (non-hydrogen) atoms. The van der Waals surface area contributed by atoms with E-state index in [1.54, 1.807) is 0 Å². The highest BCUT2D eigenvalue weighted by atomic mass is 16.5. The second-order valence-electron chi connectivity index (χ2n) is 6.00. The molecule has 3 N–H and O–H groups in total. The average Bonchev–Trinajstić information content (AvgIpc) is 3.06. The Labute approximate surface area is 146 Å². The maximum atomic E-state index is 12.5. The smallest absolute Gasteiger partial charge is 0.318 e. The number of nitrogens with one attached hydrogen (secondary N) is 1. The molecule has 1 saturated heterocycles. The van der Waals surface area contributed by atoms with Gasteiger partial charge in [0.2, 0.25) is 5.91 Å². The monoisotopic (exact) mass is 339 g/mol. The van der Waals surface area contributed by atoms with E-state index in [0.717, 1.165) is 5.56 Å². The minimum absolute atomic E-state index is 0.262. The van der Waals surface area contributed by atoms with Gasteiger partial charge in [-0.2, -0.15) is 0 Å². The van der Waals surface area contributed by atoms with Crippen molar-refractivity contribution in [2.75, 3.05) is 6.54 Å². The lowest BCUT2D eigenvalue weighted by molar-refractivity contribution is -0.121. The van der Waals surface area contributed by atoms with E-state index in [2.05, 4.69) is 5.32 Å². The Morgan fingerprint density at radius 1 is 1.08 bits per heavy atom. The molecular formula is C19H21N3O3. The van der Waals surface area contributed by atoms with Gasteiger partial charge in [-0.3, -0.25) is 4.79 Å². The van der Waals surface area contributed by atoms with E-state index in [-0.39, 0.29) is 12.1 Å². The molecule has 0 aliphatic carbocycles. The first-order chi connectivity index (χ1) is 12.1. The van der Waals surface area contributed by atoms with Crippen LogP contribution in [0.2, 0.25) is 0 Å². The minimum Gasteiger partial charge on any atom is -0.488 e. The standard InChI is InChI=1S/C19H21N3O3/c20-18(23)17-11-16(25-15-9-5-2-6-10-15)13-22(17)19(24)21-12-14-7-3-1-4-8-14/h1-10,16-17H,11-13H2,(H2,20,23)(H,21,24). The Balaban J connectivity index is 1.62.